The first-order valence-corrected chi connectivity index (χ1v) is 7.93. The van der Waals surface area contributed by atoms with E-state index >= 15 is 0 Å². The van der Waals surface area contributed by atoms with Gasteiger partial charge < -0.3 is 15.0 Å². The first-order chi connectivity index (χ1) is 12.3. The fraction of sp³-hybridized carbons (Fsp3) is 0.263. The number of anilines is 1. The Morgan fingerprint density at radius 1 is 1.15 bits per heavy atom. The van der Waals surface area contributed by atoms with Gasteiger partial charge in [-0.3, -0.25) is 9.59 Å². The molecule has 2 amide bonds. The first-order valence-electron chi connectivity index (χ1n) is 7.93. The van der Waals surface area contributed by atoms with Gasteiger partial charge >= 0.3 is 6.61 Å². The van der Waals surface area contributed by atoms with E-state index in [1.165, 1.54) is 36.2 Å². The van der Waals surface area contributed by atoms with E-state index < -0.39 is 12.5 Å². The summed E-state index contributed by atoms with van der Waals surface area (Å²) < 4.78 is 28.8. The van der Waals surface area contributed by atoms with Gasteiger partial charge in [-0.25, -0.2) is 0 Å². The van der Waals surface area contributed by atoms with Crippen molar-refractivity contribution in [3.63, 3.8) is 0 Å². The van der Waals surface area contributed by atoms with Crippen LogP contribution in [0.4, 0.5) is 14.5 Å². The highest BCUT2D eigenvalue weighted by Crippen LogP contribution is 2.18. The summed E-state index contributed by atoms with van der Waals surface area (Å²) in [6.07, 6.45) is 0. The average Bonchev–Trinajstić information content (AvgIpc) is 2.57. The minimum Gasteiger partial charge on any atom is -0.435 e. The molecule has 2 rings (SSSR count). The van der Waals surface area contributed by atoms with Crippen molar-refractivity contribution in [1.82, 2.24) is 4.90 Å². The summed E-state index contributed by atoms with van der Waals surface area (Å²) in [5.41, 5.74) is 2.76. The number of halogens is 2. The number of carbonyl (C=O) groups excluding carboxylic acids is 2. The normalized spacial score (nSPS) is 10.5. The zero-order valence-electron chi connectivity index (χ0n) is 14.8. The molecule has 5 nitrogen and oxygen atoms in total. The molecule has 0 aromatic heterocycles. The minimum absolute atomic E-state index is 0.112. The fourth-order valence-corrected chi connectivity index (χ4v) is 2.37. The van der Waals surface area contributed by atoms with Gasteiger partial charge in [0.15, 0.2) is 0 Å². The largest absolute Gasteiger partial charge is 0.435 e. The van der Waals surface area contributed by atoms with Gasteiger partial charge in [0.25, 0.3) is 5.91 Å². The third-order valence-corrected chi connectivity index (χ3v) is 3.70. The van der Waals surface area contributed by atoms with Gasteiger partial charge in [-0.15, -0.1) is 0 Å². The number of likely N-dealkylation sites (N-methyl/N-ethyl adjacent to an activating group) is 1. The standard InChI is InChI=1S/C19H20F2N2O3/c1-12-7-8-13(2)16(9-12)22-17(24)11-23(3)18(25)14-5-4-6-15(10-14)26-19(20)21/h4-10,19H,11H2,1-3H3,(H,22,24). The maximum Gasteiger partial charge on any atom is 0.387 e. The van der Waals surface area contributed by atoms with Crippen LogP contribution in [-0.2, 0) is 4.79 Å². The number of ether oxygens (including phenoxy) is 1. The van der Waals surface area contributed by atoms with Crippen LogP contribution in [0.5, 0.6) is 5.75 Å². The number of hydrogen-bond acceptors (Lipinski definition) is 3. The number of aryl methyl sites for hydroxylation is 2. The van der Waals surface area contributed by atoms with E-state index in [1.54, 1.807) is 0 Å². The molecule has 2 aromatic rings. The van der Waals surface area contributed by atoms with E-state index in [4.69, 9.17) is 0 Å². The predicted molar refractivity (Wildman–Crippen MR) is 94.6 cm³/mol. The van der Waals surface area contributed by atoms with E-state index in [-0.39, 0.29) is 23.8 Å². The van der Waals surface area contributed by atoms with Crippen LogP contribution in [0.25, 0.3) is 0 Å². The van der Waals surface area contributed by atoms with E-state index in [9.17, 15) is 18.4 Å². The van der Waals surface area contributed by atoms with Gasteiger partial charge in [0.1, 0.15) is 5.75 Å². The van der Waals surface area contributed by atoms with Gasteiger partial charge in [0.05, 0.1) is 6.54 Å². The van der Waals surface area contributed by atoms with Crippen LogP contribution in [0.3, 0.4) is 0 Å². The molecule has 0 atom stereocenters. The molecule has 0 heterocycles. The number of nitrogens with one attached hydrogen (secondary N) is 1. The van der Waals surface area contributed by atoms with Crippen molar-refractivity contribution in [1.29, 1.82) is 0 Å². The summed E-state index contributed by atoms with van der Waals surface area (Å²) in [5, 5.41) is 2.77. The summed E-state index contributed by atoms with van der Waals surface area (Å²) in [6.45, 7) is 0.644. The highest BCUT2D eigenvalue weighted by molar-refractivity contribution is 5.99. The van der Waals surface area contributed by atoms with Crippen molar-refractivity contribution < 1.29 is 23.1 Å². The number of carbonyl (C=O) groups is 2. The van der Waals surface area contributed by atoms with Crippen molar-refractivity contribution in [2.75, 3.05) is 18.9 Å². The highest BCUT2D eigenvalue weighted by Gasteiger charge is 2.17. The van der Waals surface area contributed by atoms with Crippen molar-refractivity contribution in [2.45, 2.75) is 20.5 Å². The molecule has 2 aromatic carbocycles. The quantitative estimate of drug-likeness (QED) is 0.854. The molecule has 0 radical (unpaired) electrons. The van der Waals surface area contributed by atoms with Gasteiger partial charge in [0.2, 0.25) is 5.91 Å². The summed E-state index contributed by atoms with van der Waals surface area (Å²) >= 11 is 0. The van der Waals surface area contributed by atoms with E-state index in [0.29, 0.717) is 5.69 Å². The van der Waals surface area contributed by atoms with Gasteiger partial charge in [0, 0.05) is 18.3 Å². The Labute approximate surface area is 150 Å². The number of amides is 2. The van der Waals surface area contributed by atoms with E-state index in [2.05, 4.69) is 10.1 Å². The summed E-state index contributed by atoms with van der Waals surface area (Å²) in [5.74, 6) is -0.936. The molecule has 138 valence electrons. The van der Waals surface area contributed by atoms with Crippen LogP contribution in [0.2, 0.25) is 0 Å². The van der Waals surface area contributed by atoms with Crippen molar-refractivity contribution in [3.8, 4) is 5.75 Å². The average molecular weight is 362 g/mol. The zero-order chi connectivity index (χ0) is 19.3. The maximum absolute atomic E-state index is 12.4. The first kappa shape index (κ1) is 19.4. The van der Waals surface area contributed by atoms with Crippen LogP contribution in [0, 0.1) is 13.8 Å². The third kappa shape index (κ3) is 5.27. The fourth-order valence-electron chi connectivity index (χ4n) is 2.37. The Hall–Kier alpha value is -2.96. The number of hydrogen-bond donors (Lipinski definition) is 1. The number of nitrogens with zero attached hydrogens (tertiary/aromatic N) is 1. The molecular weight excluding hydrogens is 342 g/mol. The second kappa shape index (κ2) is 8.42. The molecule has 26 heavy (non-hydrogen) atoms. The number of benzene rings is 2. The Bertz CT molecular complexity index is 809. The molecule has 0 aliphatic heterocycles. The Kier molecular flexibility index (Phi) is 6.27. The Morgan fingerprint density at radius 2 is 1.88 bits per heavy atom. The topological polar surface area (TPSA) is 58.6 Å². The lowest BCUT2D eigenvalue weighted by Crippen LogP contribution is -2.35. The van der Waals surface area contributed by atoms with Crippen LogP contribution in [0.15, 0.2) is 42.5 Å². The zero-order valence-corrected chi connectivity index (χ0v) is 14.8. The molecule has 0 aliphatic carbocycles. The number of rotatable bonds is 6. The van der Waals surface area contributed by atoms with E-state index in [0.717, 1.165) is 11.1 Å². The van der Waals surface area contributed by atoms with Gasteiger partial charge in [-0.05, 0) is 49.2 Å². The lowest BCUT2D eigenvalue weighted by atomic mass is 10.1. The molecule has 0 aliphatic rings. The van der Waals surface area contributed by atoms with Crippen LogP contribution in [0.1, 0.15) is 21.5 Å². The lowest BCUT2D eigenvalue weighted by Gasteiger charge is -2.18. The van der Waals surface area contributed by atoms with Gasteiger partial charge in [-0.2, -0.15) is 8.78 Å². The summed E-state index contributed by atoms with van der Waals surface area (Å²) in [7, 11) is 1.46. The minimum atomic E-state index is -2.97. The Balaban J connectivity index is 2.02. The van der Waals surface area contributed by atoms with Crippen molar-refractivity contribution >= 4 is 17.5 Å². The monoisotopic (exact) mass is 362 g/mol. The Morgan fingerprint density at radius 3 is 2.58 bits per heavy atom. The van der Waals surface area contributed by atoms with Crippen molar-refractivity contribution in [3.05, 3.63) is 59.2 Å². The van der Waals surface area contributed by atoms with Crippen LogP contribution < -0.4 is 10.1 Å². The third-order valence-electron chi connectivity index (χ3n) is 3.70. The van der Waals surface area contributed by atoms with Crippen molar-refractivity contribution in [2.24, 2.45) is 0 Å². The van der Waals surface area contributed by atoms with E-state index in [1.807, 2.05) is 32.0 Å². The molecule has 0 fully saturated rings. The molecule has 0 saturated heterocycles. The molecule has 0 spiro atoms. The lowest BCUT2D eigenvalue weighted by molar-refractivity contribution is -0.116. The smallest absolute Gasteiger partial charge is 0.387 e. The SMILES string of the molecule is Cc1ccc(C)c(NC(=O)CN(C)C(=O)c2cccc(OC(F)F)c2)c1. The molecule has 7 heteroatoms. The second-order valence-corrected chi connectivity index (χ2v) is 5.93. The molecule has 1 N–H and O–H groups in total. The van der Waals surface area contributed by atoms with Crippen LogP contribution >= 0.6 is 0 Å². The molecule has 0 bridgehead atoms. The molecule has 0 unspecified atom stereocenters. The van der Waals surface area contributed by atoms with Crippen LogP contribution in [-0.4, -0.2) is 36.9 Å². The maximum atomic E-state index is 12.4. The number of alkyl halides is 2. The predicted octanol–water partition coefficient (Wildman–Crippen LogP) is 3.62. The summed E-state index contributed by atoms with van der Waals surface area (Å²) in [4.78, 5) is 25.8. The molecular formula is C19H20F2N2O3. The summed E-state index contributed by atoms with van der Waals surface area (Å²) in [6, 6.07) is 11.1. The van der Waals surface area contributed by atoms with Gasteiger partial charge in [-0.1, -0.05) is 18.2 Å². The molecule has 0 saturated carbocycles. The highest BCUT2D eigenvalue weighted by atomic mass is 19.3. The second-order valence-electron chi connectivity index (χ2n) is 5.93.